The van der Waals surface area contributed by atoms with Crippen molar-refractivity contribution in [2.24, 2.45) is 5.92 Å². The van der Waals surface area contributed by atoms with E-state index >= 15 is 0 Å². The molecule has 0 aliphatic rings. The molecule has 0 bridgehead atoms. The highest BCUT2D eigenvalue weighted by Gasteiger charge is 2.39. The fourth-order valence-corrected chi connectivity index (χ4v) is 2.82. The Kier molecular flexibility index (Phi) is 9.18. The minimum Gasteiger partial charge on any atom is -0.465 e. The van der Waals surface area contributed by atoms with E-state index in [2.05, 4.69) is 0 Å². The molecule has 156 valence electrons. The maximum atomic E-state index is 12.9. The molecule has 28 heavy (non-hydrogen) atoms. The predicted octanol–water partition coefficient (Wildman–Crippen LogP) is 3.86. The number of allylic oxidation sites excluding steroid dienone is 1. The van der Waals surface area contributed by atoms with E-state index in [0.717, 1.165) is 12.1 Å². The minimum absolute atomic E-state index is 0.0416. The zero-order valence-corrected chi connectivity index (χ0v) is 16.1. The number of rotatable bonds is 9. The number of carbonyl (C=O) groups is 2. The molecule has 1 N–H and O–H groups in total. The number of benzene rings is 1. The van der Waals surface area contributed by atoms with Crippen LogP contribution in [-0.2, 0) is 25.2 Å². The average Bonchev–Trinajstić information content (AvgIpc) is 2.61. The molecule has 0 amide bonds. The Morgan fingerprint density at radius 1 is 1.07 bits per heavy atom. The quantitative estimate of drug-likeness (QED) is 0.386. The molecule has 0 aliphatic carbocycles. The summed E-state index contributed by atoms with van der Waals surface area (Å²) < 4.78 is 48.6. The van der Waals surface area contributed by atoms with Crippen LogP contribution in [0.15, 0.2) is 35.9 Å². The van der Waals surface area contributed by atoms with E-state index in [4.69, 9.17) is 14.6 Å². The number of aliphatic hydroxyl groups is 1. The van der Waals surface area contributed by atoms with Crippen molar-refractivity contribution in [3.63, 3.8) is 0 Å². The highest BCUT2D eigenvalue weighted by Crippen LogP contribution is 2.35. The number of hydrogen-bond acceptors (Lipinski definition) is 5. The van der Waals surface area contributed by atoms with Crippen LogP contribution < -0.4 is 0 Å². The van der Waals surface area contributed by atoms with Crippen molar-refractivity contribution in [2.45, 2.75) is 39.3 Å². The molecule has 1 rings (SSSR count). The standard InChI is InChI=1S/C20H25F3O5/c1-4-27-18(25)17(19(26)28-5-2)16(12-13(3)10-11-24)14-6-8-15(9-7-14)20(21,22)23/h6-10,16-17,24H,4-5,11-12H2,1-3H3/b13-10+/t16-/m1/s1. The maximum absolute atomic E-state index is 12.9. The van der Waals surface area contributed by atoms with Crippen molar-refractivity contribution in [1.82, 2.24) is 0 Å². The number of halogens is 3. The van der Waals surface area contributed by atoms with Gasteiger partial charge in [-0.3, -0.25) is 9.59 Å². The lowest BCUT2D eigenvalue weighted by molar-refractivity contribution is -0.162. The van der Waals surface area contributed by atoms with E-state index in [1.165, 1.54) is 18.2 Å². The Labute approximate surface area is 162 Å². The zero-order chi connectivity index (χ0) is 21.3. The molecule has 5 nitrogen and oxygen atoms in total. The van der Waals surface area contributed by atoms with E-state index < -0.39 is 35.5 Å². The first-order valence-electron chi connectivity index (χ1n) is 8.92. The molecule has 0 heterocycles. The molecular formula is C20H25F3O5. The molecular weight excluding hydrogens is 377 g/mol. The maximum Gasteiger partial charge on any atom is 0.416 e. The summed E-state index contributed by atoms with van der Waals surface area (Å²) in [5, 5.41) is 9.09. The number of alkyl halides is 3. The van der Waals surface area contributed by atoms with Gasteiger partial charge in [-0.15, -0.1) is 0 Å². The lowest BCUT2D eigenvalue weighted by atomic mass is 9.81. The van der Waals surface area contributed by atoms with Crippen molar-refractivity contribution in [3.8, 4) is 0 Å². The SMILES string of the molecule is CCOC(=O)C(C(=O)OCC)[C@H](C/C(C)=C/CO)c1ccc(C(F)(F)F)cc1. The summed E-state index contributed by atoms with van der Waals surface area (Å²) in [6, 6.07) is 4.29. The number of esters is 2. The second-order valence-corrected chi connectivity index (χ2v) is 6.15. The van der Waals surface area contributed by atoms with Crippen LogP contribution in [0.4, 0.5) is 13.2 Å². The fourth-order valence-electron chi connectivity index (χ4n) is 2.82. The molecule has 0 unspecified atom stereocenters. The zero-order valence-electron chi connectivity index (χ0n) is 16.1. The van der Waals surface area contributed by atoms with Gasteiger partial charge in [0.05, 0.1) is 25.4 Å². The Bertz CT molecular complexity index is 662. The van der Waals surface area contributed by atoms with Gasteiger partial charge in [0, 0.05) is 5.92 Å². The third-order valence-electron chi connectivity index (χ3n) is 4.13. The molecule has 0 aromatic heterocycles. The largest absolute Gasteiger partial charge is 0.465 e. The molecule has 1 aromatic rings. The molecule has 0 spiro atoms. The van der Waals surface area contributed by atoms with Gasteiger partial charge in [-0.1, -0.05) is 23.8 Å². The molecule has 0 saturated carbocycles. The lowest BCUT2D eigenvalue weighted by Crippen LogP contribution is -2.33. The Morgan fingerprint density at radius 2 is 1.57 bits per heavy atom. The predicted molar refractivity (Wildman–Crippen MR) is 96.4 cm³/mol. The van der Waals surface area contributed by atoms with Crippen LogP contribution >= 0.6 is 0 Å². The Balaban J connectivity index is 3.39. The minimum atomic E-state index is -4.50. The van der Waals surface area contributed by atoms with Gasteiger partial charge in [-0.25, -0.2) is 0 Å². The molecule has 0 saturated heterocycles. The fraction of sp³-hybridized carbons (Fsp3) is 0.500. The van der Waals surface area contributed by atoms with Gasteiger partial charge in [-0.05, 0) is 44.9 Å². The summed E-state index contributed by atoms with van der Waals surface area (Å²) in [6.07, 6.45) is -2.83. The number of hydrogen-bond donors (Lipinski definition) is 1. The van der Waals surface area contributed by atoms with Crippen molar-refractivity contribution in [2.75, 3.05) is 19.8 Å². The van der Waals surface area contributed by atoms with E-state index in [0.29, 0.717) is 11.1 Å². The summed E-state index contributed by atoms with van der Waals surface area (Å²) in [5.41, 5.74) is 0.206. The van der Waals surface area contributed by atoms with E-state index in [9.17, 15) is 22.8 Å². The van der Waals surface area contributed by atoms with Gasteiger partial charge in [0.2, 0.25) is 0 Å². The van der Waals surface area contributed by atoms with E-state index in [1.807, 2.05) is 0 Å². The molecule has 8 heteroatoms. The van der Waals surface area contributed by atoms with Crippen molar-refractivity contribution in [3.05, 3.63) is 47.0 Å². The van der Waals surface area contributed by atoms with Crippen molar-refractivity contribution in [1.29, 1.82) is 0 Å². The Morgan fingerprint density at radius 3 is 1.96 bits per heavy atom. The van der Waals surface area contributed by atoms with Gasteiger partial charge in [0.25, 0.3) is 0 Å². The first-order valence-corrected chi connectivity index (χ1v) is 8.92. The summed E-state index contributed by atoms with van der Waals surface area (Å²) in [5.74, 6) is -3.74. The third-order valence-corrected chi connectivity index (χ3v) is 4.13. The molecule has 0 fully saturated rings. The third kappa shape index (κ3) is 6.67. The van der Waals surface area contributed by atoms with Gasteiger partial charge >= 0.3 is 18.1 Å². The van der Waals surface area contributed by atoms with Gasteiger partial charge in [0.15, 0.2) is 5.92 Å². The van der Waals surface area contributed by atoms with Crippen molar-refractivity contribution < 1.29 is 37.3 Å². The normalized spacial score (nSPS) is 13.4. The average molecular weight is 402 g/mol. The second-order valence-electron chi connectivity index (χ2n) is 6.15. The van der Waals surface area contributed by atoms with Crippen molar-refractivity contribution >= 4 is 11.9 Å². The molecule has 0 aliphatic heterocycles. The van der Waals surface area contributed by atoms with Crippen LogP contribution in [0.5, 0.6) is 0 Å². The van der Waals surface area contributed by atoms with Crippen LogP contribution in [0, 0.1) is 5.92 Å². The van der Waals surface area contributed by atoms with Crippen LogP contribution in [0.1, 0.15) is 44.2 Å². The number of aliphatic hydroxyl groups excluding tert-OH is 1. The van der Waals surface area contributed by atoms with Gasteiger partial charge in [-0.2, -0.15) is 13.2 Å². The first-order chi connectivity index (χ1) is 13.1. The summed E-state index contributed by atoms with van der Waals surface area (Å²) in [7, 11) is 0. The monoisotopic (exact) mass is 402 g/mol. The van der Waals surface area contributed by atoms with Crippen LogP contribution in [0.3, 0.4) is 0 Å². The van der Waals surface area contributed by atoms with Crippen LogP contribution in [0.25, 0.3) is 0 Å². The Hall–Kier alpha value is -2.35. The van der Waals surface area contributed by atoms with Gasteiger partial charge in [0.1, 0.15) is 0 Å². The number of ether oxygens (including phenoxy) is 2. The second kappa shape index (κ2) is 10.8. The topological polar surface area (TPSA) is 72.8 Å². The first kappa shape index (κ1) is 23.7. The highest BCUT2D eigenvalue weighted by molar-refractivity contribution is 5.96. The lowest BCUT2D eigenvalue weighted by Gasteiger charge is -2.25. The summed E-state index contributed by atoms with van der Waals surface area (Å²) in [6.45, 7) is 4.71. The van der Waals surface area contributed by atoms with E-state index in [1.54, 1.807) is 20.8 Å². The van der Waals surface area contributed by atoms with Crippen LogP contribution in [0.2, 0.25) is 0 Å². The highest BCUT2D eigenvalue weighted by atomic mass is 19.4. The number of carbonyl (C=O) groups excluding carboxylic acids is 2. The molecule has 0 radical (unpaired) electrons. The van der Waals surface area contributed by atoms with Crippen LogP contribution in [-0.4, -0.2) is 36.9 Å². The molecule has 1 aromatic carbocycles. The summed E-state index contributed by atoms with van der Waals surface area (Å²) >= 11 is 0. The smallest absolute Gasteiger partial charge is 0.416 e. The summed E-state index contributed by atoms with van der Waals surface area (Å²) in [4.78, 5) is 24.9. The molecule has 1 atom stereocenters. The van der Waals surface area contributed by atoms with Gasteiger partial charge < -0.3 is 14.6 Å². The van der Waals surface area contributed by atoms with E-state index in [-0.39, 0.29) is 26.2 Å².